The normalized spacial score (nSPS) is 11.6. The number of aromatic nitrogens is 1. The van der Waals surface area contributed by atoms with Crippen molar-refractivity contribution in [2.45, 2.75) is 6.92 Å². The minimum absolute atomic E-state index is 1.09. The molecule has 0 fully saturated rings. The van der Waals surface area contributed by atoms with Gasteiger partial charge in [-0.1, -0.05) is 175 Å². The van der Waals surface area contributed by atoms with Crippen molar-refractivity contribution in [3.05, 3.63) is 242 Å². The summed E-state index contributed by atoms with van der Waals surface area (Å²) in [6.45, 7) is 2.15. The number of aryl methyl sites for hydroxylation is 1. The highest BCUT2D eigenvalue weighted by atomic mass is 15.1. The molecule has 296 valence electrons. The van der Waals surface area contributed by atoms with E-state index in [1.165, 1.54) is 93.1 Å². The van der Waals surface area contributed by atoms with Crippen LogP contribution in [0.2, 0.25) is 0 Å². The fourth-order valence-electron chi connectivity index (χ4n) is 9.82. The summed E-state index contributed by atoms with van der Waals surface area (Å²) < 4.78 is 2.38. The lowest BCUT2D eigenvalue weighted by molar-refractivity contribution is 1.18. The number of fused-ring (bicyclic) bond motifs is 6. The number of hydrogen-bond acceptors (Lipinski definition) is 1. The molecule has 11 aromatic carbocycles. The molecule has 63 heavy (non-hydrogen) atoms. The zero-order chi connectivity index (χ0) is 41.9. The Hall–Kier alpha value is -8.20. The quantitative estimate of drug-likeness (QED) is 0.146. The summed E-state index contributed by atoms with van der Waals surface area (Å²) in [5.41, 5.74) is 15.4. The summed E-state index contributed by atoms with van der Waals surface area (Å²) in [6.07, 6.45) is 0. The molecule has 0 radical (unpaired) electrons. The van der Waals surface area contributed by atoms with Gasteiger partial charge >= 0.3 is 0 Å². The van der Waals surface area contributed by atoms with Crippen LogP contribution in [0.25, 0.3) is 93.2 Å². The van der Waals surface area contributed by atoms with E-state index in [0.29, 0.717) is 0 Å². The minimum Gasteiger partial charge on any atom is -0.310 e. The number of nitrogens with zero attached hydrogens (tertiary/aromatic N) is 2. The van der Waals surface area contributed by atoms with Gasteiger partial charge in [0.25, 0.3) is 0 Å². The van der Waals surface area contributed by atoms with Gasteiger partial charge in [-0.2, -0.15) is 0 Å². The number of anilines is 3. The molecule has 1 aromatic heterocycles. The maximum Gasteiger partial charge on any atom is 0.0542 e. The minimum atomic E-state index is 1.09. The molecular formula is C61H42N2. The fourth-order valence-corrected chi connectivity index (χ4v) is 9.82. The standard InChI is InChI=1S/C61H42N2/c1-41-23-25-44(26-24-41)60-53-18-7-9-20-55(53)61(56-21-10-8-19-54(56)60)45-31-35-50(36-32-45)62(49-33-29-43(30-34-49)47-28-27-42-13-5-6-14-46(42)39-47)51-37-38-59-57(40-51)52-17-11-12-22-58(52)63(59)48-15-3-2-4-16-48/h2-40H,1H3. The summed E-state index contributed by atoms with van der Waals surface area (Å²) in [5, 5.41) is 9.96. The van der Waals surface area contributed by atoms with E-state index in [-0.39, 0.29) is 0 Å². The molecule has 0 aliphatic rings. The van der Waals surface area contributed by atoms with E-state index in [1.807, 2.05) is 0 Å². The van der Waals surface area contributed by atoms with Crippen molar-refractivity contribution in [3.63, 3.8) is 0 Å². The summed E-state index contributed by atoms with van der Waals surface area (Å²) in [7, 11) is 0. The van der Waals surface area contributed by atoms with E-state index in [9.17, 15) is 0 Å². The molecular weight excluding hydrogens is 761 g/mol. The van der Waals surface area contributed by atoms with Crippen molar-refractivity contribution in [1.29, 1.82) is 0 Å². The fraction of sp³-hybridized carbons (Fsp3) is 0.0164. The molecule has 0 aliphatic carbocycles. The molecule has 0 saturated carbocycles. The van der Waals surface area contributed by atoms with Crippen LogP contribution >= 0.6 is 0 Å². The van der Waals surface area contributed by atoms with E-state index in [0.717, 1.165) is 22.7 Å². The smallest absolute Gasteiger partial charge is 0.0542 e. The third-order valence-electron chi connectivity index (χ3n) is 12.8. The van der Waals surface area contributed by atoms with E-state index < -0.39 is 0 Å². The van der Waals surface area contributed by atoms with E-state index >= 15 is 0 Å². The van der Waals surface area contributed by atoms with Crippen molar-refractivity contribution in [1.82, 2.24) is 4.57 Å². The van der Waals surface area contributed by atoms with Crippen LogP contribution in [-0.2, 0) is 0 Å². The Labute approximate surface area is 367 Å². The van der Waals surface area contributed by atoms with Gasteiger partial charge in [-0.05, 0) is 139 Å². The second-order valence-corrected chi connectivity index (χ2v) is 16.6. The second-order valence-electron chi connectivity index (χ2n) is 16.6. The molecule has 12 rings (SSSR count). The predicted octanol–water partition coefficient (Wildman–Crippen LogP) is 17.0. The van der Waals surface area contributed by atoms with Gasteiger partial charge < -0.3 is 9.47 Å². The van der Waals surface area contributed by atoms with Crippen LogP contribution < -0.4 is 4.90 Å². The van der Waals surface area contributed by atoms with Gasteiger partial charge in [0.05, 0.1) is 11.0 Å². The molecule has 0 spiro atoms. The zero-order valence-corrected chi connectivity index (χ0v) is 34.9. The summed E-state index contributed by atoms with van der Waals surface area (Å²) in [5.74, 6) is 0. The maximum absolute atomic E-state index is 2.40. The van der Waals surface area contributed by atoms with Crippen molar-refractivity contribution in [2.75, 3.05) is 4.90 Å². The molecule has 0 aliphatic heterocycles. The van der Waals surface area contributed by atoms with Crippen LogP contribution in [0.1, 0.15) is 5.56 Å². The first-order valence-corrected chi connectivity index (χ1v) is 21.8. The van der Waals surface area contributed by atoms with E-state index in [1.54, 1.807) is 0 Å². The van der Waals surface area contributed by atoms with Crippen LogP contribution in [0.5, 0.6) is 0 Å². The Morgan fingerprint density at radius 2 is 0.762 bits per heavy atom. The Kier molecular flexibility index (Phi) is 8.76. The number of hydrogen-bond donors (Lipinski definition) is 0. The maximum atomic E-state index is 2.40. The molecule has 0 bridgehead atoms. The average molecular weight is 803 g/mol. The number of benzene rings is 11. The van der Waals surface area contributed by atoms with Gasteiger partial charge in [0.15, 0.2) is 0 Å². The summed E-state index contributed by atoms with van der Waals surface area (Å²) in [4.78, 5) is 2.40. The first-order valence-electron chi connectivity index (χ1n) is 21.8. The van der Waals surface area contributed by atoms with Gasteiger partial charge in [0, 0.05) is 33.5 Å². The van der Waals surface area contributed by atoms with Crippen LogP contribution in [0.15, 0.2) is 237 Å². The average Bonchev–Trinajstić information content (AvgIpc) is 3.68. The zero-order valence-electron chi connectivity index (χ0n) is 34.9. The molecule has 12 aromatic rings. The van der Waals surface area contributed by atoms with Crippen molar-refractivity contribution in [3.8, 4) is 39.1 Å². The predicted molar refractivity (Wildman–Crippen MR) is 269 cm³/mol. The van der Waals surface area contributed by atoms with Crippen molar-refractivity contribution in [2.24, 2.45) is 0 Å². The van der Waals surface area contributed by atoms with Gasteiger partial charge in [0.1, 0.15) is 0 Å². The summed E-state index contributed by atoms with van der Waals surface area (Å²) in [6, 6.07) is 86.7. The highest BCUT2D eigenvalue weighted by molar-refractivity contribution is 6.21. The summed E-state index contributed by atoms with van der Waals surface area (Å²) >= 11 is 0. The first-order chi connectivity index (χ1) is 31.2. The highest BCUT2D eigenvalue weighted by Gasteiger charge is 2.20. The lowest BCUT2D eigenvalue weighted by Crippen LogP contribution is -2.10. The SMILES string of the molecule is Cc1ccc(-c2c3ccccc3c(-c3ccc(N(c4ccc(-c5ccc6ccccc6c5)cc4)c4ccc5c(c4)c4ccccc4n5-c4ccccc4)cc3)c3ccccc23)cc1. The second kappa shape index (κ2) is 15.1. The Morgan fingerprint density at radius 1 is 0.302 bits per heavy atom. The van der Waals surface area contributed by atoms with Gasteiger partial charge in [0.2, 0.25) is 0 Å². The van der Waals surface area contributed by atoms with Gasteiger partial charge in [-0.3, -0.25) is 0 Å². The molecule has 0 amide bonds. The van der Waals surface area contributed by atoms with Gasteiger partial charge in [-0.25, -0.2) is 0 Å². The first kappa shape index (κ1) is 36.6. The van der Waals surface area contributed by atoms with E-state index in [2.05, 4.69) is 253 Å². The molecule has 2 heteroatoms. The molecule has 1 heterocycles. The lowest BCUT2D eigenvalue weighted by atomic mass is 9.86. The topological polar surface area (TPSA) is 8.17 Å². The van der Waals surface area contributed by atoms with Crippen LogP contribution in [-0.4, -0.2) is 4.57 Å². The monoisotopic (exact) mass is 802 g/mol. The lowest BCUT2D eigenvalue weighted by Gasteiger charge is -2.26. The van der Waals surface area contributed by atoms with Crippen molar-refractivity contribution >= 4 is 71.2 Å². The van der Waals surface area contributed by atoms with Crippen LogP contribution in [0, 0.1) is 6.92 Å². The molecule has 2 nitrogen and oxygen atoms in total. The van der Waals surface area contributed by atoms with Crippen LogP contribution in [0.4, 0.5) is 17.1 Å². The van der Waals surface area contributed by atoms with Crippen molar-refractivity contribution < 1.29 is 0 Å². The number of rotatable bonds is 7. The third kappa shape index (κ3) is 6.26. The Bertz CT molecular complexity index is 3600. The number of para-hydroxylation sites is 2. The molecule has 0 saturated heterocycles. The third-order valence-corrected chi connectivity index (χ3v) is 12.8. The molecule has 0 unspecified atom stereocenters. The van der Waals surface area contributed by atoms with Crippen LogP contribution in [0.3, 0.4) is 0 Å². The van der Waals surface area contributed by atoms with Gasteiger partial charge in [-0.15, -0.1) is 0 Å². The Balaban J connectivity index is 1.02. The highest BCUT2D eigenvalue weighted by Crippen LogP contribution is 2.45. The largest absolute Gasteiger partial charge is 0.310 e. The molecule has 0 N–H and O–H groups in total. The molecule has 0 atom stereocenters. The Morgan fingerprint density at radius 3 is 1.38 bits per heavy atom. The van der Waals surface area contributed by atoms with E-state index in [4.69, 9.17) is 0 Å².